The first-order chi connectivity index (χ1) is 6.83. The maximum atomic E-state index is 9.72. The number of hydrogen-bond acceptors (Lipinski definition) is 3. The Labute approximate surface area is 84.0 Å². The minimum Gasteiger partial charge on any atom is -0.393 e. The molecule has 3 atom stereocenters. The highest BCUT2D eigenvalue weighted by Gasteiger charge is 2.34. The normalized spacial score (nSPS) is 32.0. The Morgan fingerprint density at radius 3 is 3.00 bits per heavy atom. The van der Waals surface area contributed by atoms with Crippen LogP contribution in [0.2, 0.25) is 0 Å². The monoisotopic (exact) mass is 192 g/mol. The summed E-state index contributed by atoms with van der Waals surface area (Å²) in [4.78, 5) is 4.10. The first-order valence-corrected chi connectivity index (χ1v) is 5.11. The SMILES string of the molecule is NCC1C(O)CCC1c1cccnc1. The van der Waals surface area contributed by atoms with Gasteiger partial charge in [0.2, 0.25) is 0 Å². The van der Waals surface area contributed by atoms with E-state index in [1.807, 2.05) is 12.3 Å². The zero-order valence-corrected chi connectivity index (χ0v) is 8.13. The van der Waals surface area contributed by atoms with Crippen molar-refractivity contribution >= 4 is 0 Å². The first kappa shape index (κ1) is 9.62. The minimum atomic E-state index is -0.231. The van der Waals surface area contributed by atoms with Gasteiger partial charge in [-0.15, -0.1) is 0 Å². The fourth-order valence-corrected chi connectivity index (χ4v) is 2.38. The summed E-state index contributed by atoms with van der Waals surface area (Å²) < 4.78 is 0. The van der Waals surface area contributed by atoms with E-state index in [9.17, 15) is 5.11 Å². The van der Waals surface area contributed by atoms with Crippen molar-refractivity contribution < 1.29 is 5.11 Å². The van der Waals surface area contributed by atoms with Crippen LogP contribution in [0, 0.1) is 5.92 Å². The lowest BCUT2D eigenvalue weighted by atomic mass is 9.89. The van der Waals surface area contributed by atoms with Gasteiger partial charge < -0.3 is 10.8 Å². The van der Waals surface area contributed by atoms with Crippen LogP contribution in [0.25, 0.3) is 0 Å². The van der Waals surface area contributed by atoms with Crippen LogP contribution in [0.15, 0.2) is 24.5 Å². The summed E-state index contributed by atoms with van der Waals surface area (Å²) in [6.45, 7) is 0.556. The standard InChI is InChI=1S/C11H16N2O/c12-6-10-9(3-4-11(10)14)8-2-1-5-13-7-8/h1-2,5,7,9-11,14H,3-4,6,12H2. The molecule has 76 valence electrons. The summed E-state index contributed by atoms with van der Waals surface area (Å²) in [5.74, 6) is 0.600. The average Bonchev–Trinajstić information content (AvgIpc) is 2.61. The third kappa shape index (κ3) is 1.65. The Balaban J connectivity index is 2.19. The summed E-state index contributed by atoms with van der Waals surface area (Å²) in [5, 5.41) is 9.72. The van der Waals surface area contributed by atoms with Gasteiger partial charge in [0.25, 0.3) is 0 Å². The van der Waals surface area contributed by atoms with Gasteiger partial charge in [-0.25, -0.2) is 0 Å². The van der Waals surface area contributed by atoms with E-state index in [2.05, 4.69) is 11.1 Å². The van der Waals surface area contributed by atoms with Gasteiger partial charge in [0.15, 0.2) is 0 Å². The van der Waals surface area contributed by atoms with Crippen molar-refractivity contribution in [1.82, 2.24) is 4.98 Å². The van der Waals surface area contributed by atoms with Crippen molar-refractivity contribution in [1.29, 1.82) is 0 Å². The van der Waals surface area contributed by atoms with E-state index in [-0.39, 0.29) is 12.0 Å². The smallest absolute Gasteiger partial charge is 0.0586 e. The maximum Gasteiger partial charge on any atom is 0.0586 e. The summed E-state index contributed by atoms with van der Waals surface area (Å²) >= 11 is 0. The highest BCUT2D eigenvalue weighted by atomic mass is 16.3. The number of aromatic nitrogens is 1. The number of pyridine rings is 1. The van der Waals surface area contributed by atoms with Gasteiger partial charge >= 0.3 is 0 Å². The minimum absolute atomic E-state index is 0.208. The fraction of sp³-hybridized carbons (Fsp3) is 0.545. The van der Waals surface area contributed by atoms with Crippen LogP contribution in [-0.4, -0.2) is 22.7 Å². The van der Waals surface area contributed by atoms with Gasteiger partial charge in [-0.1, -0.05) is 6.07 Å². The van der Waals surface area contributed by atoms with E-state index < -0.39 is 0 Å². The second-order valence-corrected chi connectivity index (χ2v) is 3.94. The molecule has 3 nitrogen and oxygen atoms in total. The Morgan fingerprint density at radius 1 is 1.50 bits per heavy atom. The molecular weight excluding hydrogens is 176 g/mol. The summed E-state index contributed by atoms with van der Waals surface area (Å²) in [6, 6.07) is 4.01. The number of aliphatic hydroxyl groups excluding tert-OH is 1. The maximum absolute atomic E-state index is 9.72. The molecule has 2 rings (SSSR count). The topological polar surface area (TPSA) is 59.1 Å². The van der Waals surface area contributed by atoms with Gasteiger partial charge in [0, 0.05) is 18.3 Å². The van der Waals surface area contributed by atoms with E-state index in [0.717, 1.165) is 12.8 Å². The largest absolute Gasteiger partial charge is 0.393 e. The molecule has 0 spiro atoms. The molecule has 0 saturated heterocycles. The van der Waals surface area contributed by atoms with E-state index >= 15 is 0 Å². The molecule has 1 aliphatic rings. The van der Waals surface area contributed by atoms with E-state index in [4.69, 9.17) is 5.73 Å². The molecule has 1 fully saturated rings. The number of aliphatic hydroxyl groups is 1. The van der Waals surface area contributed by atoms with E-state index in [1.54, 1.807) is 6.20 Å². The quantitative estimate of drug-likeness (QED) is 0.731. The van der Waals surface area contributed by atoms with Crippen LogP contribution in [0.5, 0.6) is 0 Å². The van der Waals surface area contributed by atoms with Crippen molar-refractivity contribution in [3.05, 3.63) is 30.1 Å². The van der Waals surface area contributed by atoms with E-state index in [0.29, 0.717) is 12.5 Å². The molecule has 1 aliphatic carbocycles. The van der Waals surface area contributed by atoms with Crippen LogP contribution in [0.4, 0.5) is 0 Å². The van der Waals surface area contributed by atoms with Crippen molar-refractivity contribution in [2.45, 2.75) is 24.9 Å². The third-order valence-corrected chi connectivity index (χ3v) is 3.17. The molecule has 1 heterocycles. The molecule has 1 aromatic heterocycles. The summed E-state index contributed by atoms with van der Waals surface area (Å²) in [6.07, 6.45) is 5.30. The van der Waals surface area contributed by atoms with Gasteiger partial charge in [0.05, 0.1) is 6.10 Å². The fourth-order valence-electron chi connectivity index (χ4n) is 2.38. The third-order valence-electron chi connectivity index (χ3n) is 3.17. The van der Waals surface area contributed by atoms with Crippen LogP contribution in [0.1, 0.15) is 24.3 Å². The van der Waals surface area contributed by atoms with Crippen LogP contribution in [-0.2, 0) is 0 Å². The highest BCUT2D eigenvalue weighted by molar-refractivity contribution is 5.18. The zero-order chi connectivity index (χ0) is 9.97. The number of hydrogen-bond donors (Lipinski definition) is 2. The number of nitrogens with two attached hydrogens (primary N) is 1. The second kappa shape index (κ2) is 4.07. The predicted octanol–water partition coefficient (Wildman–Crippen LogP) is 0.895. The molecule has 0 aliphatic heterocycles. The van der Waals surface area contributed by atoms with Crippen molar-refractivity contribution in [2.24, 2.45) is 11.7 Å². The molecule has 3 unspecified atom stereocenters. The first-order valence-electron chi connectivity index (χ1n) is 5.11. The molecule has 3 N–H and O–H groups in total. The lowest BCUT2D eigenvalue weighted by molar-refractivity contribution is 0.131. The molecule has 0 bridgehead atoms. The lowest BCUT2D eigenvalue weighted by Gasteiger charge is -2.20. The molecular formula is C11H16N2O. The van der Waals surface area contributed by atoms with Crippen molar-refractivity contribution in [3.8, 4) is 0 Å². The zero-order valence-electron chi connectivity index (χ0n) is 8.13. The van der Waals surface area contributed by atoms with E-state index in [1.165, 1.54) is 5.56 Å². The molecule has 0 radical (unpaired) electrons. The molecule has 1 saturated carbocycles. The molecule has 3 heteroatoms. The van der Waals surface area contributed by atoms with Crippen LogP contribution >= 0.6 is 0 Å². The summed E-state index contributed by atoms with van der Waals surface area (Å²) in [5.41, 5.74) is 6.88. The molecule has 0 aromatic carbocycles. The van der Waals surface area contributed by atoms with Crippen molar-refractivity contribution in [2.75, 3.05) is 6.54 Å². The number of rotatable bonds is 2. The Hall–Kier alpha value is -0.930. The Kier molecular flexibility index (Phi) is 2.79. The van der Waals surface area contributed by atoms with Crippen molar-refractivity contribution in [3.63, 3.8) is 0 Å². The summed E-state index contributed by atoms with van der Waals surface area (Å²) in [7, 11) is 0. The van der Waals surface area contributed by atoms with Crippen LogP contribution in [0.3, 0.4) is 0 Å². The molecule has 1 aromatic rings. The molecule has 0 amide bonds. The highest BCUT2D eigenvalue weighted by Crippen LogP contribution is 2.38. The van der Waals surface area contributed by atoms with Crippen LogP contribution < -0.4 is 5.73 Å². The molecule has 14 heavy (non-hydrogen) atoms. The van der Waals surface area contributed by atoms with Gasteiger partial charge in [-0.3, -0.25) is 4.98 Å². The Bertz CT molecular complexity index is 289. The van der Waals surface area contributed by atoms with Gasteiger partial charge in [-0.05, 0) is 36.9 Å². The Morgan fingerprint density at radius 2 is 2.36 bits per heavy atom. The van der Waals surface area contributed by atoms with Gasteiger partial charge in [0.1, 0.15) is 0 Å². The number of nitrogens with zero attached hydrogens (tertiary/aromatic N) is 1. The lowest BCUT2D eigenvalue weighted by Crippen LogP contribution is -2.26. The second-order valence-electron chi connectivity index (χ2n) is 3.94. The predicted molar refractivity (Wildman–Crippen MR) is 54.8 cm³/mol. The van der Waals surface area contributed by atoms with Gasteiger partial charge in [-0.2, -0.15) is 0 Å². The average molecular weight is 192 g/mol.